The summed E-state index contributed by atoms with van der Waals surface area (Å²) in [6.07, 6.45) is 0. The van der Waals surface area contributed by atoms with E-state index in [1.807, 2.05) is 0 Å². The van der Waals surface area contributed by atoms with Crippen molar-refractivity contribution in [2.45, 2.75) is 6.04 Å². The highest BCUT2D eigenvalue weighted by molar-refractivity contribution is 7.99. The highest BCUT2D eigenvalue weighted by Gasteiger charge is 2.07. The Bertz CT molecular complexity index is 109. The van der Waals surface area contributed by atoms with Crippen LogP contribution in [-0.2, 0) is 4.79 Å². The minimum absolute atomic E-state index is 0.454. The van der Waals surface area contributed by atoms with Crippen molar-refractivity contribution in [3.63, 3.8) is 0 Å². The summed E-state index contributed by atoms with van der Waals surface area (Å²) in [7, 11) is 0. The molecule has 1 amide bonds. The van der Waals surface area contributed by atoms with E-state index in [2.05, 4.69) is 0 Å². The molecule has 60 valence electrons. The van der Waals surface area contributed by atoms with Crippen LogP contribution in [0.25, 0.3) is 0 Å². The third-order valence-electron chi connectivity index (χ3n) is 0.925. The first-order chi connectivity index (χ1) is 4.68. The number of carbonyl (C=O) groups is 1. The van der Waals surface area contributed by atoms with Crippen LogP contribution in [0.2, 0.25) is 0 Å². The van der Waals surface area contributed by atoms with E-state index in [9.17, 15) is 4.79 Å². The Morgan fingerprint density at radius 1 is 1.60 bits per heavy atom. The lowest BCUT2D eigenvalue weighted by Crippen LogP contribution is -2.38. The molecule has 0 aliphatic heterocycles. The summed E-state index contributed by atoms with van der Waals surface area (Å²) in [5.41, 5.74) is 15.4. The molecule has 0 heterocycles. The Morgan fingerprint density at radius 3 is 2.60 bits per heavy atom. The summed E-state index contributed by atoms with van der Waals surface area (Å²) in [5.74, 6) is 0.928. The summed E-state index contributed by atoms with van der Waals surface area (Å²) >= 11 is 1.54. The molecule has 0 bridgehead atoms. The van der Waals surface area contributed by atoms with Crippen molar-refractivity contribution in [2.75, 3.05) is 18.1 Å². The Kier molecular flexibility index (Phi) is 5.38. The number of carbonyl (C=O) groups excluding carboxylic acids is 1. The smallest absolute Gasteiger partial charge is 0.235 e. The van der Waals surface area contributed by atoms with Gasteiger partial charge in [0.2, 0.25) is 5.91 Å². The summed E-state index contributed by atoms with van der Waals surface area (Å²) in [6, 6.07) is -0.531. The molecular weight excluding hydrogens is 150 g/mol. The fourth-order valence-electron chi connectivity index (χ4n) is 0.376. The van der Waals surface area contributed by atoms with E-state index >= 15 is 0 Å². The molecule has 0 rings (SSSR count). The highest BCUT2D eigenvalue weighted by atomic mass is 32.2. The van der Waals surface area contributed by atoms with Gasteiger partial charge in [-0.2, -0.15) is 11.8 Å². The van der Waals surface area contributed by atoms with Crippen LogP contribution < -0.4 is 17.2 Å². The first-order valence-electron chi connectivity index (χ1n) is 3.01. The maximum atomic E-state index is 10.3. The van der Waals surface area contributed by atoms with Crippen LogP contribution in [0.5, 0.6) is 0 Å². The van der Waals surface area contributed by atoms with E-state index in [-0.39, 0.29) is 0 Å². The molecule has 0 aromatic carbocycles. The number of hydrogen-bond donors (Lipinski definition) is 3. The van der Waals surface area contributed by atoms with Gasteiger partial charge in [-0.25, -0.2) is 0 Å². The molecular formula is C5H13N3OS. The van der Waals surface area contributed by atoms with Crippen LogP contribution in [0, 0.1) is 0 Å². The molecule has 6 N–H and O–H groups in total. The van der Waals surface area contributed by atoms with E-state index < -0.39 is 11.9 Å². The second kappa shape index (κ2) is 5.52. The molecule has 0 radical (unpaired) electrons. The van der Waals surface area contributed by atoms with E-state index in [4.69, 9.17) is 17.2 Å². The zero-order valence-corrected chi connectivity index (χ0v) is 6.56. The van der Waals surface area contributed by atoms with Gasteiger partial charge in [-0.3, -0.25) is 4.79 Å². The van der Waals surface area contributed by atoms with Gasteiger partial charge in [-0.15, -0.1) is 0 Å². The normalized spacial score (nSPS) is 13.0. The number of rotatable bonds is 5. The zero-order chi connectivity index (χ0) is 7.98. The van der Waals surface area contributed by atoms with Crippen molar-refractivity contribution < 1.29 is 4.79 Å². The molecule has 1 unspecified atom stereocenters. The second-order valence-corrected chi connectivity index (χ2v) is 3.02. The van der Waals surface area contributed by atoms with Crippen molar-refractivity contribution in [2.24, 2.45) is 17.2 Å². The Balaban J connectivity index is 3.21. The van der Waals surface area contributed by atoms with Crippen molar-refractivity contribution >= 4 is 17.7 Å². The summed E-state index contributed by atoms with van der Waals surface area (Å²) in [4.78, 5) is 10.3. The van der Waals surface area contributed by atoms with E-state index in [1.165, 1.54) is 11.8 Å². The summed E-state index contributed by atoms with van der Waals surface area (Å²) in [6.45, 7) is 0.607. The van der Waals surface area contributed by atoms with Gasteiger partial charge < -0.3 is 17.2 Å². The number of hydrogen-bond acceptors (Lipinski definition) is 4. The van der Waals surface area contributed by atoms with E-state index in [0.29, 0.717) is 12.3 Å². The van der Waals surface area contributed by atoms with Gasteiger partial charge in [0.1, 0.15) is 0 Å². The fraction of sp³-hybridized carbons (Fsp3) is 0.800. The van der Waals surface area contributed by atoms with Gasteiger partial charge in [0.05, 0.1) is 6.04 Å². The summed E-state index contributed by atoms with van der Waals surface area (Å²) < 4.78 is 0. The average Bonchev–Trinajstić information content (AvgIpc) is 1.88. The fourth-order valence-corrected chi connectivity index (χ4v) is 1.13. The van der Waals surface area contributed by atoms with Crippen LogP contribution in [0.15, 0.2) is 0 Å². The lowest BCUT2D eigenvalue weighted by molar-refractivity contribution is -0.118. The molecule has 0 aliphatic rings. The van der Waals surface area contributed by atoms with Crippen LogP contribution in [0.4, 0.5) is 0 Å². The molecule has 10 heavy (non-hydrogen) atoms. The standard InChI is InChI=1S/C5H13N3OS/c6-1-2-10-3-4(7)5(8)9/h4H,1-3,6-7H2,(H2,8,9). The largest absolute Gasteiger partial charge is 0.368 e. The molecule has 0 fully saturated rings. The Labute approximate surface area is 64.5 Å². The third-order valence-corrected chi connectivity index (χ3v) is 2.04. The zero-order valence-electron chi connectivity index (χ0n) is 5.75. The molecule has 0 spiro atoms. The van der Waals surface area contributed by atoms with Gasteiger partial charge >= 0.3 is 0 Å². The molecule has 0 aliphatic carbocycles. The lowest BCUT2D eigenvalue weighted by Gasteiger charge is -2.04. The Hall–Kier alpha value is -0.260. The first-order valence-corrected chi connectivity index (χ1v) is 4.16. The topological polar surface area (TPSA) is 95.1 Å². The van der Waals surface area contributed by atoms with Crippen LogP contribution in [-0.4, -0.2) is 30.0 Å². The quantitative estimate of drug-likeness (QED) is 0.429. The molecule has 5 heteroatoms. The van der Waals surface area contributed by atoms with Crippen LogP contribution in [0.3, 0.4) is 0 Å². The molecule has 1 atom stereocenters. The second-order valence-electron chi connectivity index (χ2n) is 1.87. The number of thioether (sulfide) groups is 1. The molecule has 0 saturated carbocycles. The maximum absolute atomic E-state index is 10.3. The number of amides is 1. The number of nitrogens with two attached hydrogens (primary N) is 3. The molecule has 4 nitrogen and oxygen atoms in total. The van der Waals surface area contributed by atoms with Crippen LogP contribution >= 0.6 is 11.8 Å². The average molecular weight is 163 g/mol. The van der Waals surface area contributed by atoms with Gasteiger partial charge in [0.25, 0.3) is 0 Å². The van der Waals surface area contributed by atoms with Crippen LogP contribution in [0.1, 0.15) is 0 Å². The van der Waals surface area contributed by atoms with E-state index in [1.54, 1.807) is 0 Å². The SMILES string of the molecule is NCCSCC(N)C(N)=O. The lowest BCUT2D eigenvalue weighted by atomic mass is 10.3. The van der Waals surface area contributed by atoms with Crippen molar-refractivity contribution in [3.8, 4) is 0 Å². The van der Waals surface area contributed by atoms with E-state index in [0.717, 1.165) is 5.75 Å². The van der Waals surface area contributed by atoms with Gasteiger partial charge in [-0.1, -0.05) is 0 Å². The van der Waals surface area contributed by atoms with Gasteiger partial charge in [0, 0.05) is 18.1 Å². The van der Waals surface area contributed by atoms with Crippen molar-refractivity contribution in [1.82, 2.24) is 0 Å². The molecule has 0 aromatic heterocycles. The van der Waals surface area contributed by atoms with Gasteiger partial charge in [0.15, 0.2) is 0 Å². The molecule has 0 aromatic rings. The highest BCUT2D eigenvalue weighted by Crippen LogP contribution is 1.98. The predicted molar refractivity (Wildman–Crippen MR) is 43.5 cm³/mol. The minimum atomic E-state index is -0.531. The van der Waals surface area contributed by atoms with Crippen molar-refractivity contribution in [1.29, 1.82) is 0 Å². The number of primary amides is 1. The molecule has 0 saturated heterocycles. The summed E-state index contributed by atoms with van der Waals surface area (Å²) in [5, 5.41) is 0. The Morgan fingerprint density at radius 2 is 2.20 bits per heavy atom. The first kappa shape index (κ1) is 9.74. The predicted octanol–water partition coefficient (Wildman–Crippen LogP) is -1.51. The monoisotopic (exact) mass is 163 g/mol. The maximum Gasteiger partial charge on any atom is 0.235 e. The van der Waals surface area contributed by atoms with Gasteiger partial charge in [-0.05, 0) is 0 Å². The third kappa shape index (κ3) is 4.60. The minimum Gasteiger partial charge on any atom is -0.368 e. The van der Waals surface area contributed by atoms with Crippen molar-refractivity contribution in [3.05, 3.63) is 0 Å².